The molecule has 1 amide bonds. The zero-order valence-corrected chi connectivity index (χ0v) is 12.7. The molecule has 0 N–H and O–H groups in total. The second-order valence-electron chi connectivity index (χ2n) is 5.58. The van der Waals surface area contributed by atoms with Crippen LogP contribution in [0, 0.1) is 5.92 Å². The van der Waals surface area contributed by atoms with Crippen LogP contribution < -0.4 is 0 Å². The Balaban J connectivity index is 1.57. The van der Waals surface area contributed by atoms with E-state index in [1.165, 1.54) is 11.0 Å². The molecule has 0 unspecified atom stereocenters. The average molecular weight is 314 g/mol. The molecular formula is C15H18N6O2. The van der Waals surface area contributed by atoms with Crippen LogP contribution in [0.15, 0.2) is 30.7 Å². The fraction of sp³-hybridized carbons (Fsp3) is 0.467. The van der Waals surface area contributed by atoms with Gasteiger partial charge in [-0.15, -0.1) is 5.10 Å². The van der Waals surface area contributed by atoms with E-state index in [9.17, 15) is 9.59 Å². The van der Waals surface area contributed by atoms with Gasteiger partial charge in [-0.05, 0) is 35.4 Å². The summed E-state index contributed by atoms with van der Waals surface area (Å²) in [5, 5.41) is 10.8. The Morgan fingerprint density at radius 1 is 1.30 bits per heavy atom. The minimum Gasteiger partial charge on any atom is -0.342 e. The molecule has 1 fully saturated rings. The van der Waals surface area contributed by atoms with E-state index in [0.717, 1.165) is 12.8 Å². The van der Waals surface area contributed by atoms with Crippen LogP contribution in [0.2, 0.25) is 0 Å². The lowest BCUT2D eigenvalue weighted by Gasteiger charge is -2.32. The number of hydrogen-bond acceptors (Lipinski definition) is 6. The molecule has 3 rings (SSSR count). The summed E-state index contributed by atoms with van der Waals surface area (Å²) in [5.41, 5.74) is 0.473. The SMILES string of the molecule is O=C(c1ccccn1)[C@@H]1CCCN(C(=O)CCn2cnnn2)C1. The molecule has 0 aliphatic carbocycles. The highest BCUT2D eigenvalue weighted by molar-refractivity contribution is 5.96. The molecule has 8 nitrogen and oxygen atoms in total. The van der Waals surface area contributed by atoms with Crippen LogP contribution in [-0.2, 0) is 11.3 Å². The van der Waals surface area contributed by atoms with Crippen molar-refractivity contribution >= 4 is 11.7 Å². The molecule has 0 aromatic carbocycles. The van der Waals surface area contributed by atoms with Crippen LogP contribution in [0.1, 0.15) is 29.8 Å². The highest BCUT2D eigenvalue weighted by Crippen LogP contribution is 2.20. The number of tetrazole rings is 1. The third-order valence-corrected chi connectivity index (χ3v) is 4.01. The summed E-state index contributed by atoms with van der Waals surface area (Å²) in [6.07, 6.45) is 5.06. The molecule has 1 aliphatic heterocycles. The molecule has 8 heteroatoms. The van der Waals surface area contributed by atoms with Crippen molar-refractivity contribution < 1.29 is 9.59 Å². The van der Waals surface area contributed by atoms with Gasteiger partial charge in [0.25, 0.3) is 0 Å². The lowest BCUT2D eigenvalue weighted by atomic mass is 9.91. The standard InChI is InChI=1S/C15H18N6O2/c22-14(6-9-21-11-17-18-19-21)20-8-3-4-12(10-20)15(23)13-5-1-2-7-16-13/h1-2,5,7,11-12H,3-4,6,8-10H2/t12-/m1/s1. The van der Waals surface area contributed by atoms with Gasteiger partial charge in [0.1, 0.15) is 12.0 Å². The quantitative estimate of drug-likeness (QED) is 0.749. The van der Waals surface area contributed by atoms with Crippen LogP contribution in [0.4, 0.5) is 0 Å². The number of carbonyl (C=O) groups excluding carboxylic acids is 2. The number of ketones is 1. The van der Waals surface area contributed by atoms with Gasteiger partial charge in [0.2, 0.25) is 5.91 Å². The fourth-order valence-corrected chi connectivity index (χ4v) is 2.79. The number of carbonyl (C=O) groups is 2. The van der Waals surface area contributed by atoms with E-state index >= 15 is 0 Å². The Kier molecular flexibility index (Phi) is 4.70. The zero-order valence-electron chi connectivity index (χ0n) is 12.7. The molecule has 23 heavy (non-hydrogen) atoms. The molecule has 120 valence electrons. The summed E-state index contributed by atoms with van der Waals surface area (Å²) in [7, 11) is 0. The number of amides is 1. The van der Waals surface area contributed by atoms with Crippen molar-refractivity contribution in [3.63, 3.8) is 0 Å². The van der Waals surface area contributed by atoms with Gasteiger partial charge in [0, 0.05) is 31.6 Å². The summed E-state index contributed by atoms with van der Waals surface area (Å²) in [6.45, 7) is 1.60. The van der Waals surface area contributed by atoms with E-state index < -0.39 is 0 Å². The Bertz CT molecular complexity index is 658. The van der Waals surface area contributed by atoms with Crippen LogP contribution in [-0.4, -0.2) is 54.9 Å². The molecule has 1 aliphatic rings. The zero-order chi connectivity index (χ0) is 16.1. The normalized spacial score (nSPS) is 17.9. The number of aromatic nitrogens is 5. The highest BCUT2D eigenvalue weighted by atomic mass is 16.2. The maximum atomic E-state index is 12.5. The first-order valence-electron chi connectivity index (χ1n) is 7.68. The van der Waals surface area contributed by atoms with E-state index in [1.807, 2.05) is 0 Å². The third kappa shape index (κ3) is 3.77. The largest absolute Gasteiger partial charge is 0.342 e. The maximum Gasteiger partial charge on any atom is 0.224 e. The predicted octanol–water partition coefficient (Wildman–Crippen LogP) is 0.580. The summed E-state index contributed by atoms with van der Waals surface area (Å²) < 4.78 is 1.53. The first-order chi connectivity index (χ1) is 11.2. The number of nitrogens with zero attached hydrogens (tertiary/aromatic N) is 6. The number of hydrogen-bond donors (Lipinski definition) is 0. The second-order valence-corrected chi connectivity index (χ2v) is 5.58. The molecule has 0 radical (unpaired) electrons. The van der Waals surface area contributed by atoms with E-state index in [2.05, 4.69) is 20.5 Å². The van der Waals surface area contributed by atoms with Gasteiger partial charge in [-0.3, -0.25) is 14.6 Å². The summed E-state index contributed by atoms with van der Waals surface area (Å²) in [5.74, 6) is -0.127. The topological polar surface area (TPSA) is 93.9 Å². The van der Waals surface area contributed by atoms with Crippen molar-refractivity contribution in [2.24, 2.45) is 5.92 Å². The molecule has 0 bridgehead atoms. The van der Waals surface area contributed by atoms with Crippen molar-refractivity contribution in [3.05, 3.63) is 36.4 Å². The number of likely N-dealkylation sites (tertiary alicyclic amines) is 1. The number of piperidine rings is 1. The molecule has 1 saturated heterocycles. The number of aryl methyl sites for hydroxylation is 1. The Morgan fingerprint density at radius 2 is 2.22 bits per heavy atom. The molecule has 0 saturated carbocycles. The third-order valence-electron chi connectivity index (χ3n) is 4.01. The van der Waals surface area contributed by atoms with Crippen LogP contribution in [0.25, 0.3) is 0 Å². The van der Waals surface area contributed by atoms with Crippen molar-refractivity contribution in [2.45, 2.75) is 25.8 Å². The first kappa shape index (κ1) is 15.3. The van der Waals surface area contributed by atoms with Crippen molar-refractivity contribution in [1.82, 2.24) is 30.1 Å². The van der Waals surface area contributed by atoms with Gasteiger partial charge < -0.3 is 4.90 Å². The van der Waals surface area contributed by atoms with E-state index in [1.54, 1.807) is 29.3 Å². The number of pyridine rings is 1. The Morgan fingerprint density at radius 3 is 2.96 bits per heavy atom. The smallest absolute Gasteiger partial charge is 0.224 e. The van der Waals surface area contributed by atoms with Gasteiger partial charge in [-0.25, -0.2) is 4.68 Å². The van der Waals surface area contributed by atoms with E-state index in [-0.39, 0.29) is 17.6 Å². The van der Waals surface area contributed by atoms with Gasteiger partial charge >= 0.3 is 0 Å². The number of rotatable bonds is 5. The van der Waals surface area contributed by atoms with Crippen molar-refractivity contribution in [3.8, 4) is 0 Å². The van der Waals surface area contributed by atoms with Crippen molar-refractivity contribution in [1.29, 1.82) is 0 Å². The molecule has 2 aromatic heterocycles. The van der Waals surface area contributed by atoms with Crippen molar-refractivity contribution in [2.75, 3.05) is 13.1 Å². The van der Waals surface area contributed by atoms with E-state index in [4.69, 9.17) is 0 Å². The fourth-order valence-electron chi connectivity index (χ4n) is 2.79. The molecular weight excluding hydrogens is 296 g/mol. The van der Waals surface area contributed by atoms with Gasteiger partial charge in [-0.1, -0.05) is 6.07 Å². The van der Waals surface area contributed by atoms with E-state index in [0.29, 0.717) is 31.7 Å². The Hall–Kier alpha value is -2.64. The van der Waals surface area contributed by atoms with Crippen LogP contribution in [0.3, 0.4) is 0 Å². The molecule has 2 aromatic rings. The molecule has 0 spiro atoms. The summed E-state index contributed by atoms with van der Waals surface area (Å²) in [6, 6.07) is 5.31. The minimum atomic E-state index is -0.171. The van der Waals surface area contributed by atoms with Crippen LogP contribution in [0.5, 0.6) is 0 Å². The minimum absolute atomic E-state index is 0.0172. The first-order valence-corrected chi connectivity index (χ1v) is 7.68. The maximum absolute atomic E-state index is 12.5. The summed E-state index contributed by atoms with van der Waals surface area (Å²) >= 11 is 0. The molecule has 3 heterocycles. The molecule has 1 atom stereocenters. The number of Topliss-reactive ketones (excluding diaryl/α,β-unsaturated/α-hetero) is 1. The van der Waals surface area contributed by atoms with Gasteiger partial charge in [-0.2, -0.15) is 0 Å². The predicted molar refractivity (Wildman–Crippen MR) is 80.3 cm³/mol. The van der Waals surface area contributed by atoms with Crippen LogP contribution >= 0.6 is 0 Å². The second kappa shape index (κ2) is 7.08. The lowest BCUT2D eigenvalue weighted by Crippen LogP contribution is -2.42. The average Bonchev–Trinajstić information content (AvgIpc) is 3.13. The Labute approximate surface area is 133 Å². The summed E-state index contributed by atoms with van der Waals surface area (Å²) in [4.78, 5) is 30.7. The van der Waals surface area contributed by atoms with Gasteiger partial charge in [0.15, 0.2) is 5.78 Å². The lowest BCUT2D eigenvalue weighted by molar-refractivity contribution is -0.132. The highest BCUT2D eigenvalue weighted by Gasteiger charge is 2.29. The monoisotopic (exact) mass is 314 g/mol. The van der Waals surface area contributed by atoms with Gasteiger partial charge in [0.05, 0.1) is 6.54 Å².